The molecule has 0 bridgehead atoms. The molecular formula is C45H58N2O6. The molecule has 1 saturated heterocycles. The second kappa shape index (κ2) is 18.9. The highest BCUT2D eigenvalue weighted by molar-refractivity contribution is 6.24. The Kier molecular flexibility index (Phi) is 14.7. The number of likely N-dealkylation sites (tertiary alicyclic amines) is 1. The largest absolute Gasteiger partial charge is 0.489 e. The van der Waals surface area contributed by atoms with E-state index in [1.165, 1.54) is 0 Å². The van der Waals surface area contributed by atoms with Gasteiger partial charge in [0.25, 0.3) is 0 Å². The summed E-state index contributed by atoms with van der Waals surface area (Å²) in [4.78, 5) is 68.9. The quantitative estimate of drug-likeness (QED) is 0.133. The minimum Gasteiger partial charge on any atom is -0.489 e. The molecule has 4 rings (SSSR count). The molecule has 0 aromatic heterocycles. The average molecular weight is 723 g/mol. The molecule has 8 heteroatoms. The molecule has 53 heavy (non-hydrogen) atoms. The maximum Gasteiger partial charge on any atom is 0.230 e. The van der Waals surface area contributed by atoms with Crippen molar-refractivity contribution in [2.24, 2.45) is 23.7 Å². The Morgan fingerprint density at radius 1 is 0.830 bits per heavy atom. The number of allylic oxidation sites excluding steroid dienone is 4. The van der Waals surface area contributed by atoms with Gasteiger partial charge in [0.1, 0.15) is 12.4 Å². The number of ether oxygens (including phenoxy) is 1. The van der Waals surface area contributed by atoms with E-state index in [0.29, 0.717) is 65.7 Å². The van der Waals surface area contributed by atoms with Crippen molar-refractivity contribution in [1.82, 2.24) is 10.2 Å². The van der Waals surface area contributed by atoms with Crippen molar-refractivity contribution < 1.29 is 28.7 Å². The normalized spacial score (nSPS) is 18.3. The van der Waals surface area contributed by atoms with Gasteiger partial charge in [-0.3, -0.25) is 24.0 Å². The fourth-order valence-corrected chi connectivity index (χ4v) is 7.36. The highest BCUT2D eigenvalue weighted by atomic mass is 16.5. The van der Waals surface area contributed by atoms with Gasteiger partial charge in [-0.05, 0) is 102 Å². The van der Waals surface area contributed by atoms with Crippen LogP contribution in [0.3, 0.4) is 0 Å². The number of hydrogen-bond donors (Lipinski definition) is 1. The van der Waals surface area contributed by atoms with Gasteiger partial charge in [0, 0.05) is 47.2 Å². The van der Waals surface area contributed by atoms with E-state index >= 15 is 0 Å². The van der Waals surface area contributed by atoms with Gasteiger partial charge >= 0.3 is 0 Å². The summed E-state index contributed by atoms with van der Waals surface area (Å²) >= 11 is 0. The zero-order chi connectivity index (χ0) is 38.8. The number of carbonyl (C=O) groups is 5. The first-order valence-corrected chi connectivity index (χ1v) is 19.2. The van der Waals surface area contributed by atoms with E-state index in [1.54, 1.807) is 37.8 Å². The lowest BCUT2D eigenvalue weighted by Crippen LogP contribution is -2.45. The lowest BCUT2D eigenvalue weighted by molar-refractivity contribution is -0.140. The predicted molar refractivity (Wildman–Crippen MR) is 209 cm³/mol. The molecule has 0 unspecified atom stereocenters. The van der Waals surface area contributed by atoms with Crippen molar-refractivity contribution in [3.63, 3.8) is 0 Å². The van der Waals surface area contributed by atoms with Gasteiger partial charge in [-0.1, -0.05) is 75.4 Å². The lowest BCUT2D eigenvalue weighted by Gasteiger charge is -2.28. The SMILES string of the molecule is CC1=C(C)C(=O)C(COc2ccc(C[C@H](CC(=O)[C@@H]3CCCN3C(=O)[C@H](/C=C/[C@@H](C)CC(C)C)Cc3ccccc3)C(=O)NC(C)C)cc2)=C(C)C1=O. The molecule has 1 aliphatic heterocycles. The van der Waals surface area contributed by atoms with E-state index in [1.807, 2.05) is 62.4 Å². The minimum atomic E-state index is -0.622. The Balaban J connectivity index is 1.47. The Bertz CT molecular complexity index is 1730. The second-order valence-electron chi connectivity index (χ2n) is 15.7. The van der Waals surface area contributed by atoms with Crippen LogP contribution in [0.4, 0.5) is 0 Å². The van der Waals surface area contributed by atoms with Crippen LogP contribution in [-0.4, -0.2) is 59.3 Å². The molecule has 2 aromatic carbocycles. The van der Waals surface area contributed by atoms with Crippen LogP contribution in [0.2, 0.25) is 0 Å². The fraction of sp³-hybridized carbons (Fsp3) is 0.489. The fourth-order valence-electron chi connectivity index (χ4n) is 7.36. The molecule has 1 heterocycles. The summed E-state index contributed by atoms with van der Waals surface area (Å²) in [7, 11) is 0. The third kappa shape index (κ3) is 11.2. The maximum absolute atomic E-state index is 14.2. The highest BCUT2D eigenvalue weighted by Gasteiger charge is 2.38. The summed E-state index contributed by atoms with van der Waals surface area (Å²) in [6, 6.07) is 16.6. The van der Waals surface area contributed by atoms with Crippen LogP contribution >= 0.6 is 0 Å². The molecule has 284 valence electrons. The number of ketones is 3. The number of benzene rings is 2. The van der Waals surface area contributed by atoms with E-state index in [0.717, 1.165) is 24.0 Å². The standard InChI is InChI=1S/C45H58N2O6/c1-28(2)23-30(5)16-19-36(24-34-13-10-9-11-14-34)45(52)47-22-12-15-40(47)41(48)26-37(44(51)46-29(3)4)25-35-17-20-38(21-18-35)53-27-39-33(8)42(49)31(6)32(7)43(39)50/h9-11,13-14,16-21,28-30,36-37,40H,12,15,22-27H2,1-8H3,(H,46,51)/b19-16+/t30-,36-,37-,40+/m1/s1. The van der Waals surface area contributed by atoms with Gasteiger partial charge in [0.05, 0.1) is 12.0 Å². The summed E-state index contributed by atoms with van der Waals surface area (Å²) in [6.45, 7) is 15.8. The Morgan fingerprint density at radius 2 is 1.47 bits per heavy atom. The van der Waals surface area contributed by atoms with Crippen molar-refractivity contribution in [3.05, 3.63) is 100 Å². The monoisotopic (exact) mass is 722 g/mol. The molecule has 8 nitrogen and oxygen atoms in total. The van der Waals surface area contributed by atoms with Crippen molar-refractivity contribution in [1.29, 1.82) is 0 Å². The first-order chi connectivity index (χ1) is 25.2. The Labute approximate surface area is 316 Å². The van der Waals surface area contributed by atoms with E-state index in [2.05, 4.69) is 32.2 Å². The molecule has 2 amide bonds. The van der Waals surface area contributed by atoms with Gasteiger partial charge in [-0.25, -0.2) is 0 Å². The van der Waals surface area contributed by atoms with Crippen LogP contribution in [0.1, 0.15) is 92.2 Å². The number of rotatable bonds is 17. The molecule has 1 N–H and O–H groups in total. The lowest BCUT2D eigenvalue weighted by atomic mass is 9.86. The van der Waals surface area contributed by atoms with Crippen molar-refractivity contribution >= 4 is 29.2 Å². The molecule has 2 aromatic rings. The number of amides is 2. The summed E-state index contributed by atoms with van der Waals surface area (Å²) in [5.41, 5.74) is 3.59. The molecule has 0 spiro atoms. The summed E-state index contributed by atoms with van der Waals surface area (Å²) in [6.07, 6.45) is 7.45. The molecule has 0 saturated carbocycles. The first kappa shape index (κ1) is 41.2. The molecule has 2 aliphatic rings. The summed E-state index contributed by atoms with van der Waals surface area (Å²) < 4.78 is 5.92. The average Bonchev–Trinajstić information content (AvgIpc) is 3.62. The van der Waals surface area contributed by atoms with E-state index in [9.17, 15) is 24.0 Å². The van der Waals surface area contributed by atoms with Gasteiger partial charge < -0.3 is 15.0 Å². The number of carbonyl (C=O) groups excluding carboxylic acids is 5. The van der Waals surface area contributed by atoms with Crippen LogP contribution in [0.25, 0.3) is 0 Å². The van der Waals surface area contributed by atoms with Gasteiger partial charge in [-0.2, -0.15) is 0 Å². The summed E-state index contributed by atoms with van der Waals surface area (Å²) in [5.74, 6) is -0.258. The van der Waals surface area contributed by atoms with E-state index in [4.69, 9.17) is 4.74 Å². The molecule has 1 aliphatic carbocycles. The van der Waals surface area contributed by atoms with Crippen molar-refractivity contribution in [3.8, 4) is 5.75 Å². The highest BCUT2D eigenvalue weighted by Crippen LogP contribution is 2.28. The van der Waals surface area contributed by atoms with Crippen LogP contribution in [-0.2, 0) is 36.8 Å². The maximum atomic E-state index is 14.2. The van der Waals surface area contributed by atoms with Gasteiger partial charge in [0.15, 0.2) is 17.3 Å². The van der Waals surface area contributed by atoms with Crippen molar-refractivity contribution in [2.45, 2.75) is 106 Å². The minimum absolute atomic E-state index is 0.0196. The zero-order valence-corrected chi connectivity index (χ0v) is 32.9. The van der Waals surface area contributed by atoms with E-state index < -0.39 is 12.0 Å². The molecule has 4 atom stereocenters. The van der Waals surface area contributed by atoms with E-state index in [-0.39, 0.29) is 54.2 Å². The number of Topliss-reactive ketones (excluding diaryl/α,β-unsaturated/α-hetero) is 3. The Hall–Kier alpha value is -4.59. The molecular weight excluding hydrogens is 665 g/mol. The van der Waals surface area contributed by atoms with Crippen LogP contribution < -0.4 is 10.1 Å². The zero-order valence-electron chi connectivity index (χ0n) is 32.9. The van der Waals surface area contributed by atoms with Crippen LogP contribution in [0.5, 0.6) is 5.75 Å². The van der Waals surface area contributed by atoms with Crippen molar-refractivity contribution in [2.75, 3.05) is 13.2 Å². The Morgan fingerprint density at radius 3 is 2.11 bits per heavy atom. The molecule has 0 radical (unpaired) electrons. The number of hydrogen-bond acceptors (Lipinski definition) is 6. The van der Waals surface area contributed by atoms with Gasteiger partial charge in [0.2, 0.25) is 11.8 Å². The van der Waals surface area contributed by atoms with Crippen LogP contribution in [0, 0.1) is 23.7 Å². The molecule has 1 fully saturated rings. The van der Waals surface area contributed by atoms with Crippen LogP contribution in [0.15, 0.2) is 89.0 Å². The first-order valence-electron chi connectivity index (χ1n) is 19.2. The predicted octanol–water partition coefficient (Wildman–Crippen LogP) is 7.60. The second-order valence-corrected chi connectivity index (χ2v) is 15.7. The number of nitrogens with one attached hydrogen (secondary N) is 1. The third-order valence-electron chi connectivity index (χ3n) is 10.4. The van der Waals surface area contributed by atoms with Gasteiger partial charge in [-0.15, -0.1) is 0 Å². The number of nitrogens with zero attached hydrogens (tertiary/aromatic N) is 1. The topological polar surface area (TPSA) is 110 Å². The smallest absolute Gasteiger partial charge is 0.230 e. The summed E-state index contributed by atoms with van der Waals surface area (Å²) in [5, 5.41) is 2.99. The third-order valence-corrected chi connectivity index (χ3v) is 10.4.